The highest BCUT2D eigenvalue weighted by Gasteiger charge is 2.30. The molecule has 0 radical (unpaired) electrons. The molecule has 2 aromatic heterocycles. The van der Waals surface area contributed by atoms with Crippen LogP contribution < -0.4 is 10.1 Å². The summed E-state index contributed by atoms with van der Waals surface area (Å²) in [4.78, 5) is 20.6. The normalized spacial score (nSPS) is 13.4. The Morgan fingerprint density at radius 2 is 2.23 bits per heavy atom. The Morgan fingerprint density at radius 3 is 2.92 bits per heavy atom. The topological polar surface area (TPSA) is 92.8 Å². The Hall–Kier alpha value is -3.47. The number of halogens is 1. The van der Waals surface area contributed by atoms with E-state index >= 15 is 0 Å². The Labute approximate surface area is 148 Å². The summed E-state index contributed by atoms with van der Waals surface area (Å²) in [5.41, 5.74) is 1.42. The van der Waals surface area contributed by atoms with Crippen molar-refractivity contribution in [1.82, 2.24) is 14.5 Å². The van der Waals surface area contributed by atoms with Crippen LogP contribution in [0.3, 0.4) is 0 Å². The first-order valence-corrected chi connectivity index (χ1v) is 8.05. The lowest BCUT2D eigenvalue weighted by Gasteiger charge is -2.10. The predicted molar refractivity (Wildman–Crippen MR) is 91.1 cm³/mol. The van der Waals surface area contributed by atoms with Crippen molar-refractivity contribution in [3.63, 3.8) is 0 Å². The Balaban J connectivity index is 1.71. The van der Waals surface area contributed by atoms with E-state index in [0.29, 0.717) is 11.0 Å². The molecule has 130 valence electrons. The van der Waals surface area contributed by atoms with Crippen LogP contribution in [0, 0.1) is 23.1 Å². The molecule has 1 N–H and O–H groups in total. The summed E-state index contributed by atoms with van der Waals surface area (Å²) >= 11 is 0. The molecule has 0 atom stereocenters. The molecule has 26 heavy (non-hydrogen) atoms. The summed E-state index contributed by atoms with van der Waals surface area (Å²) in [6, 6.07) is 7.39. The van der Waals surface area contributed by atoms with E-state index in [4.69, 9.17) is 10.00 Å². The summed E-state index contributed by atoms with van der Waals surface area (Å²) in [6.07, 6.45) is 3.33. The van der Waals surface area contributed by atoms with Crippen molar-refractivity contribution >= 4 is 22.8 Å². The van der Waals surface area contributed by atoms with E-state index < -0.39 is 5.82 Å². The molecule has 4 rings (SSSR count). The van der Waals surface area contributed by atoms with Crippen molar-refractivity contribution in [1.29, 1.82) is 5.26 Å². The van der Waals surface area contributed by atoms with E-state index in [2.05, 4.69) is 15.3 Å². The first-order valence-electron chi connectivity index (χ1n) is 8.05. The van der Waals surface area contributed by atoms with Gasteiger partial charge in [0, 0.05) is 19.0 Å². The maximum absolute atomic E-state index is 14.1. The van der Waals surface area contributed by atoms with E-state index in [0.717, 1.165) is 18.9 Å². The maximum atomic E-state index is 14.1. The molecule has 0 saturated heterocycles. The molecule has 8 heteroatoms. The van der Waals surface area contributed by atoms with Crippen molar-refractivity contribution in [3.05, 3.63) is 42.0 Å². The summed E-state index contributed by atoms with van der Waals surface area (Å²) in [5, 5.41) is 11.6. The van der Waals surface area contributed by atoms with Crippen LogP contribution in [0.25, 0.3) is 11.0 Å². The molecule has 1 saturated carbocycles. The Kier molecular flexibility index (Phi) is 3.77. The van der Waals surface area contributed by atoms with Gasteiger partial charge in [-0.1, -0.05) is 0 Å². The highest BCUT2D eigenvalue weighted by atomic mass is 19.1. The third-order valence-electron chi connectivity index (χ3n) is 4.15. The van der Waals surface area contributed by atoms with Gasteiger partial charge in [-0.15, -0.1) is 0 Å². The molecule has 0 unspecified atom stereocenters. The monoisotopic (exact) mass is 351 g/mol. The molecule has 0 aliphatic heterocycles. The quantitative estimate of drug-likeness (QED) is 0.779. The number of anilines is 1. The zero-order valence-electron chi connectivity index (χ0n) is 13.9. The molecule has 1 aliphatic carbocycles. The van der Waals surface area contributed by atoms with Gasteiger partial charge in [0.15, 0.2) is 17.4 Å². The fourth-order valence-corrected chi connectivity index (χ4v) is 2.57. The molecule has 1 fully saturated rings. The second-order valence-electron chi connectivity index (χ2n) is 6.15. The van der Waals surface area contributed by atoms with Crippen molar-refractivity contribution in [2.24, 2.45) is 13.0 Å². The Morgan fingerprint density at radius 1 is 1.42 bits per heavy atom. The summed E-state index contributed by atoms with van der Waals surface area (Å²) < 4.78 is 21.4. The van der Waals surface area contributed by atoms with Gasteiger partial charge in [-0.25, -0.2) is 9.37 Å². The molecule has 0 spiro atoms. The fraction of sp³-hybridized carbons (Fsp3) is 0.222. The lowest BCUT2D eigenvalue weighted by molar-refractivity contribution is -0.117. The second-order valence-corrected chi connectivity index (χ2v) is 6.15. The number of aryl methyl sites for hydroxylation is 1. The minimum absolute atomic E-state index is 0.0103. The minimum Gasteiger partial charge on any atom is -0.436 e. The number of ether oxygens (including phenoxy) is 1. The van der Waals surface area contributed by atoms with Crippen LogP contribution >= 0.6 is 0 Å². The van der Waals surface area contributed by atoms with Crippen LogP contribution in [-0.4, -0.2) is 20.4 Å². The maximum Gasteiger partial charge on any atom is 0.228 e. The number of hydrogen-bond acceptors (Lipinski definition) is 5. The van der Waals surface area contributed by atoms with Crippen molar-refractivity contribution < 1.29 is 13.9 Å². The molecule has 7 nitrogen and oxygen atoms in total. The molecule has 0 bridgehead atoms. The van der Waals surface area contributed by atoms with Crippen LogP contribution in [0.1, 0.15) is 18.4 Å². The number of nitrogens with zero attached hydrogens (tertiary/aromatic N) is 4. The van der Waals surface area contributed by atoms with Crippen LogP contribution in [-0.2, 0) is 11.8 Å². The van der Waals surface area contributed by atoms with Crippen molar-refractivity contribution in [2.75, 3.05) is 5.32 Å². The van der Waals surface area contributed by atoms with Gasteiger partial charge < -0.3 is 14.6 Å². The number of imidazole rings is 1. The minimum atomic E-state index is -0.667. The first kappa shape index (κ1) is 16.0. The predicted octanol–water partition coefficient (Wildman–Crippen LogP) is 3.12. The highest BCUT2D eigenvalue weighted by molar-refractivity contribution is 6.00. The second kappa shape index (κ2) is 6.11. The van der Waals surface area contributed by atoms with E-state index in [1.165, 1.54) is 12.1 Å². The molecule has 2 heterocycles. The number of rotatable bonds is 4. The molecular weight excluding hydrogens is 337 g/mol. The zero-order chi connectivity index (χ0) is 18.3. The van der Waals surface area contributed by atoms with E-state index in [1.807, 2.05) is 6.07 Å². The average molecular weight is 351 g/mol. The van der Waals surface area contributed by atoms with Gasteiger partial charge in [-0.3, -0.25) is 4.79 Å². The van der Waals surface area contributed by atoms with Gasteiger partial charge in [-0.2, -0.15) is 10.2 Å². The largest absolute Gasteiger partial charge is 0.436 e. The summed E-state index contributed by atoms with van der Waals surface area (Å²) in [6.45, 7) is 0. The number of fused-ring (bicyclic) bond motifs is 1. The smallest absolute Gasteiger partial charge is 0.228 e. The molecular formula is C18H14FN5O2. The van der Waals surface area contributed by atoms with Gasteiger partial charge >= 0.3 is 0 Å². The van der Waals surface area contributed by atoms with Gasteiger partial charge in [0.25, 0.3) is 0 Å². The lowest BCUT2D eigenvalue weighted by Crippen LogP contribution is -2.15. The lowest BCUT2D eigenvalue weighted by atomic mass is 10.2. The average Bonchev–Trinajstić information content (AvgIpc) is 3.41. The number of aromatic nitrogens is 3. The number of carbonyl (C=O) groups excluding carboxylic acids is 1. The third-order valence-corrected chi connectivity index (χ3v) is 4.15. The summed E-state index contributed by atoms with van der Waals surface area (Å²) in [5.74, 6) is -0.417. The summed E-state index contributed by atoms with van der Waals surface area (Å²) in [7, 11) is 1.80. The fourth-order valence-electron chi connectivity index (χ4n) is 2.57. The van der Waals surface area contributed by atoms with Gasteiger partial charge in [-0.05, 0) is 31.0 Å². The molecule has 3 aromatic rings. The molecule has 1 aliphatic rings. The number of nitrogens with one attached hydrogen (secondary N) is 1. The van der Waals surface area contributed by atoms with E-state index in [9.17, 15) is 9.18 Å². The van der Waals surface area contributed by atoms with Crippen molar-refractivity contribution in [3.8, 4) is 17.7 Å². The zero-order valence-corrected chi connectivity index (χ0v) is 13.9. The third kappa shape index (κ3) is 2.95. The Bertz CT molecular complexity index is 1070. The van der Waals surface area contributed by atoms with Gasteiger partial charge in [0.2, 0.25) is 11.8 Å². The number of amides is 1. The SMILES string of the molecule is Cn1cnc2c(NC(=O)C3CC3)nc(Oc3ccc(C#N)cc3F)cc21. The van der Waals surface area contributed by atoms with Crippen LogP contribution in [0.5, 0.6) is 11.6 Å². The van der Waals surface area contributed by atoms with Crippen LogP contribution in [0.2, 0.25) is 0 Å². The van der Waals surface area contributed by atoms with Crippen LogP contribution in [0.4, 0.5) is 10.2 Å². The number of nitriles is 1. The number of pyridine rings is 1. The van der Waals surface area contributed by atoms with E-state index in [-0.39, 0.29) is 34.8 Å². The molecule has 1 aromatic carbocycles. The highest BCUT2D eigenvalue weighted by Crippen LogP contribution is 2.33. The standard InChI is InChI=1S/C18H14FN5O2/c1-24-9-21-16-13(24)7-15(22-17(16)23-18(25)11-3-4-11)26-14-5-2-10(8-20)6-12(14)19/h2,5-7,9,11H,3-4H2,1H3,(H,22,23,25). The molecule has 1 amide bonds. The van der Waals surface area contributed by atoms with Crippen molar-refractivity contribution in [2.45, 2.75) is 12.8 Å². The first-order chi connectivity index (χ1) is 12.5. The van der Waals surface area contributed by atoms with Crippen LogP contribution in [0.15, 0.2) is 30.6 Å². The van der Waals surface area contributed by atoms with Gasteiger partial charge in [0.05, 0.1) is 23.5 Å². The number of benzene rings is 1. The van der Waals surface area contributed by atoms with Gasteiger partial charge in [0.1, 0.15) is 5.52 Å². The number of carbonyl (C=O) groups is 1. The van der Waals surface area contributed by atoms with E-state index in [1.54, 1.807) is 24.0 Å². The number of hydrogen-bond donors (Lipinski definition) is 1.